The first kappa shape index (κ1) is 27.4. The first-order valence-electron chi connectivity index (χ1n) is 13.2. The summed E-state index contributed by atoms with van der Waals surface area (Å²) in [5.41, 5.74) is 2.53. The summed E-state index contributed by atoms with van der Waals surface area (Å²) in [5.74, 6) is 2.65. The molecule has 0 bridgehead atoms. The van der Waals surface area contributed by atoms with Crippen molar-refractivity contribution in [2.45, 2.75) is 135 Å². The molecule has 1 rings (SSSR count). The number of rotatable bonds is 21. The normalized spacial score (nSPS) is 11.3. The topological polar surface area (TPSA) is 20.2 Å². The van der Waals surface area contributed by atoms with E-state index in [9.17, 15) is 5.11 Å². The third-order valence-electron chi connectivity index (χ3n) is 6.11. The van der Waals surface area contributed by atoms with Crippen LogP contribution < -0.4 is 0 Å². The Kier molecular flexibility index (Phi) is 18.5. The molecule has 0 spiro atoms. The van der Waals surface area contributed by atoms with Crippen molar-refractivity contribution in [2.24, 2.45) is 0 Å². The molecule has 0 atom stereocenters. The van der Waals surface area contributed by atoms with Gasteiger partial charge in [0.25, 0.3) is 0 Å². The standard InChI is InChI=1S/C28H50OS/c1-3-5-7-9-11-12-13-15-17-19-23-30-25-27-24-26(21-22-28(27)29)20-18-16-14-10-8-6-4-2/h21-22,24,29H,3-20,23,25H2,1-2H3. The lowest BCUT2D eigenvalue weighted by Crippen LogP contribution is -1.91. The van der Waals surface area contributed by atoms with Crippen molar-refractivity contribution in [1.82, 2.24) is 0 Å². The minimum absolute atomic E-state index is 0.480. The molecule has 1 N–H and O–H groups in total. The second-order valence-corrected chi connectivity index (χ2v) is 10.2. The number of thioether (sulfide) groups is 1. The number of hydrogen-bond acceptors (Lipinski definition) is 2. The van der Waals surface area contributed by atoms with Gasteiger partial charge < -0.3 is 5.11 Å². The molecule has 174 valence electrons. The van der Waals surface area contributed by atoms with E-state index in [0.717, 1.165) is 17.7 Å². The number of phenolic OH excluding ortho intramolecular Hbond substituents is 1. The molecule has 0 saturated heterocycles. The average molecular weight is 435 g/mol. The van der Waals surface area contributed by atoms with Crippen molar-refractivity contribution in [3.63, 3.8) is 0 Å². The highest BCUT2D eigenvalue weighted by atomic mass is 32.2. The van der Waals surface area contributed by atoms with Crippen LogP contribution in [0, 0.1) is 0 Å². The number of hydrogen-bond donors (Lipinski definition) is 1. The van der Waals surface area contributed by atoms with E-state index < -0.39 is 0 Å². The summed E-state index contributed by atoms with van der Waals surface area (Å²) >= 11 is 1.99. The van der Waals surface area contributed by atoms with E-state index in [4.69, 9.17) is 0 Å². The Morgan fingerprint density at radius 1 is 0.633 bits per heavy atom. The fourth-order valence-corrected chi connectivity index (χ4v) is 5.07. The molecular formula is C28H50OS. The minimum Gasteiger partial charge on any atom is -0.508 e. The molecule has 2 heteroatoms. The summed E-state index contributed by atoms with van der Waals surface area (Å²) in [6.07, 6.45) is 24.6. The van der Waals surface area contributed by atoms with Gasteiger partial charge in [0.05, 0.1) is 0 Å². The molecule has 1 aromatic carbocycles. The Bertz CT molecular complexity index is 499. The van der Waals surface area contributed by atoms with Gasteiger partial charge in [0.15, 0.2) is 0 Å². The van der Waals surface area contributed by atoms with E-state index in [-0.39, 0.29) is 0 Å². The molecule has 1 aromatic rings. The van der Waals surface area contributed by atoms with E-state index in [2.05, 4.69) is 26.0 Å². The van der Waals surface area contributed by atoms with Crippen LogP contribution in [-0.2, 0) is 12.2 Å². The summed E-state index contributed by atoms with van der Waals surface area (Å²) in [5, 5.41) is 10.2. The van der Waals surface area contributed by atoms with Crippen molar-refractivity contribution in [3.05, 3.63) is 29.3 Å². The molecular weight excluding hydrogens is 384 g/mol. The molecule has 0 aromatic heterocycles. The van der Waals surface area contributed by atoms with Crippen LogP contribution in [0.25, 0.3) is 0 Å². The first-order valence-corrected chi connectivity index (χ1v) is 14.3. The number of unbranched alkanes of at least 4 members (excludes halogenated alkanes) is 15. The quantitative estimate of drug-likeness (QED) is 0.194. The highest BCUT2D eigenvalue weighted by Gasteiger charge is 2.04. The van der Waals surface area contributed by atoms with Crippen LogP contribution in [0.5, 0.6) is 5.75 Å². The summed E-state index contributed by atoms with van der Waals surface area (Å²) in [6.45, 7) is 4.56. The van der Waals surface area contributed by atoms with Gasteiger partial charge in [-0.1, -0.05) is 122 Å². The van der Waals surface area contributed by atoms with Gasteiger partial charge in [0.2, 0.25) is 0 Å². The maximum atomic E-state index is 10.2. The van der Waals surface area contributed by atoms with Gasteiger partial charge in [-0.05, 0) is 36.6 Å². The third kappa shape index (κ3) is 15.2. The van der Waals surface area contributed by atoms with E-state index >= 15 is 0 Å². The van der Waals surface area contributed by atoms with E-state index in [1.165, 1.54) is 120 Å². The van der Waals surface area contributed by atoms with Gasteiger partial charge in [0, 0.05) is 11.3 Å². The molecule has 0 aliphatic heterocycles. The average Bonchev–Trinajstić information content (AvgIpc) is 2.75. The molecule has 0 aliphatic carbocycles. The molecule has 0 unspecified atom stereocenters. The highest BCUT2D eigenvalue weighted by molar-refractivity contribution is 7.98. The Hall–Kier alpha value is -0.630. The number of phenols is 1. The lowest BCUT2D eigenvalue weighted by Gasteiger charge is -2.08. The van der Waals surface area contributed by atoms with Crippen LogP contribution in [-0.4, -0.2) is 10.9 Å². The largest absolute Gasteiger partial charge is 0.508 e. The maximum absolute atomic E-state index is 10.2. The van der Waals surface area contributed by atoms with Crippen LogP contribution in [0.1, 0.15) is 134 Å². The van der Waals surface area contributed by atoms with Crippen LogP contribution in [0.4, 0.5) is 0 Å². The molecule has 1 nitrogen and oxygen atoms in total. The molecule has 30 heavy (non-hydrogen) atoms. The fourth-order valence-electron chi connectivity index (χ4n) is 4.07. The Morgan fingerprint density at radius 2 is 1.13 bits per heavy atom. The molecule has 0 radical (unpaired) electrons. The Morgan fingerprint density at radius 3 is 1.70 bits per heavy atom. The Balaban J connectivity index is 2.05. The molecule has 0 fully saturated rings. The summed E-state index contributed by atoms with van der Waals surface area (Å²) < 4.78 is 0. The van der Waals surface area contributed by atoms with Crippen LogP contribution in [0.15, 0.2) is 18.2 Å². The van der Waals surface area contributed by atoms with Crippen molar-refractivity contribution in [1.29, 1.82) is 0 Å². The van der Waals surface area contributed by atoms with E-state index in [1.54, 1.807) is 0 Å². The van der Waals surface area contributed by atoms with Crippen molar-refractivity contribution >= 4 is 11.8 Å². The zero-order valence-electron chi connectivity index (χ0n) is 20.2. The van der Waals surface area contributed by atoms with Crippen molar-refractivity contribution in [3.8, 4) is 5.75 Å². The van der Waals surface area contributed by atoms with Gasteiger partial charge in [-0.15, -0.1) is 0 Å². The fraction of sp³-hybridized carbons (Fsp3) is 0.786. The SMILES string of the molecule is CCCCCCCCCCCCSCc1cc(CCCCCCCCC)ccc1O. The zero-order chi connectivity index (χ0) is 21.7. The predicted octanol–water partition coefficient (Wildman–Crippen LogP) is 9.84. The summed E-state index contributed by atoms with van der Waals surface area (Å²) in [6, 6.07) is 6.27. The highest BCUT2D eigenvalue weighted by Crippen LogP contribution is 2.25. The molecule has 0 aliphatic rings. The maximum Gasteiger partial charge on any atom is 0.119 e. The smallest absolute Gasteiger partial charge is 0.119 e. The van der Waals surface area contributed by atoms with E-state index in [0.29, 0.717) is 5.75 Å². The van der Waals surface area contributed by atoms with Crippen LogP contribution in [0.3, 0.4) is 0 Å². The van der Waals surface area contributed by atoms with Gasteiger partial charge in [-0.25, -0.2) is 0 Å². The molecule has 0 heterocycles. The number of aromatic hydroxyl groups is 1. The monoisotopic (exact) mass is 434 g/mol. The van der Waals surface area contributed by atoms with Crippen molar-refractivity contribution < 1.29 is 5.11 Å². The predicted molar refractivity (Wildman–Crippen MR) is 138 cm³/mol. The first-order chi connectivity index (χ1) is 14.8. The third-order valence-corrected chi connectivity index (χ3v) is 7.21. The second-order valence-electron chi connectivity index (χ2n) is 9.07. The molecule has 0 amide bonds. The summed E-state index contributed by atoms with van der Waals surface area (Å²) in [4.78, 5) is 0. The molecule has 0 saturated carbocycles. The minimum atomic E-state index is 0.480. The van der Waals surface area contributed by atoms with Crippen LogP contribution in [0.2, 0.25) is 0 Å². The second kappa shape index (κ2) is 20.3. The lowest BCUT2D eigenvalue weighted by molar-refractivity contribution is 0.470. The summed E-state index contributed by atoms with van der Waals surface area (Å²) in [7, 11) is 0. The number of aryl methyl sites for hydroxylation is 1. The van der Waals surface area contributed by atoms with Gasteiger partial charge in [-0.3, -0.25) is 0 Å². The number of benzene rings is 1. The van der Waals surface area contributed by atoms with Gasteiger partial charge >= 0.3 is 0 Å². The van der Waals surface area contributed by atoms with Crippen LogP contribution >= 0.6 is 11.8 Å². The zero-order valence-corrected chi connectivity index (χ0v) is 21.0. The Labute approximate surface area is 192 Å². The van der Waals surface area contributed by atoms with Gasteiger partial charge in [0.1, 0.15) is 5.75 Å². The van der Waals surface area contributed by atoms with E-state index in [1.807, 2.05) is 17.8 Å². The van der Waals surface area contributed by atoms with Gasteiger partial charge in [-0.2, -0.15) is 11.8 Å². The van der Waals surface area contributed by atoms with Crippen molar-refractivity contribution in [2.75, 3.05) is 5.75 Å². The lowest BCUT2D eigenvalue weighted by atomic mass is 10.0.